The molecule has 30 heavy (non-hydrogen) atoms. The lowest BCUT2D eigenvalue weighted by molar-refractivity contribution is 0.0936. The number of ether oxygens (including phenoxy) is 1. The van der Waals surface area contributed by atoms with E-state index >= 15 is 0 Å². The molecule has 0 bridgehead atoms. The van der Waals surface area contributed by atoms with E-state index in [1.165, 1.54) is 26.1 Å². The van der Waals surface area contributed by atoms with Crippen LogP contribution in [-0.2, 0) is 15.5 Å². The molecule has 1 heterocycles. The first-order valence-corrected chi connectivity index (χ1v) is 11.5. The van der Waals surface area contributed by atoms with Crippen molar-refractivity contribution < 1.29 is 22.3 Å². The van der Waals surface area contributed by atoms with Gasteiger partial charge in [0, 0.05) is 17.9 Å². The van der Waals surface area contributed by atoms with E-state index < -0.39 is 27.5 Å². The second-order valence-corrected chi connectivity index (χ2v) is 9.73. The van der Waals surface area contributed by atoms with Gasteiger partial charge in [0.1, 0.15) is 11.3 Å². The number of aromatic nitrogens is 2. The molecular weight excluding hydrogens is 409 g/mol. The van der Waals surface area contributed by atoms with E-state index in [2.05, 4.69) is 15.3 Å². The number of alkyl halides is 1. The van der Waals surface area contributed by atoms with Gasteiger partial charge < -0.3 is 10.1 Å². The third kappa shape index (κ3) is 6.09. The number of benzene rings is 1. The van der Waals surface area contributed by atoms with Crippen molar-refractivity contribution in [3.8, 4) is 11.6 Å². The number of hydrogen-bond acceptors (Lipinski definition) is 6. The number of nitrogens with zero attached hydrogens (tertiary/aromatic N) is 2. The van der Waals surface area contributed by atoms with Crippen molar-refractivity contribution >= 4 is 15.7 Å². The first-order valence-electron chi connectivity index (χ1n) is 9.51. The number of amides is 1. The van der Waals surface area contributed by atoms with Gasteiger partial charge >= 0.3 is 0 Å². The van der Waals surface area contributed by atoms with Crippen molar-refractivity contribution in [1.29, 1.82) is 0 Å². The maximum Gasteiger partial charge on any atom is 0.258 e. The molecule has 1 aromatic heterocycles. The topological polar surface area (TPSA) is 98.2 Å². The Labute approximate surface area is 175 Å². The molecule has 0 aliphatic heterocycles. The minimum absolute atomic E-state index is 0.0326. The zero-order valence-electron chi connectivity index (χ0n) is 17.0. The van der Waals surface area contributed by atoms with Gasteiger partial charge in [0.05, 0.1) is 6.04 Å². The number of nitrogens with one attached hydrogen (secondary N) is 1. The van der Waals surface area contributed by atoms with Crippen LogP contribution in [-0.4, -0.2) is 36.6 Å². The molecule has 2 aromatic rings. The van der Waals surface area contributed by atoms with E-state index in [-0.39, 0.29) is 23.2 Å². The summed E-state index contributed by atoms with van der Waals surface area (Å²) >= 11 is 0. The molecule has 3 rings (SSSR count). The predicted molar refractivity (Wildman–Crippen MR) is 111 cm³/mol. The van der Waals surface area contributed by atoms with Crippen LogP contribution in [0.2, 0.25) is 0 Å². The molecule has 1 unspecified atom stereocenters. The maximum absolute atomic E-state index is 14.4. The van der Waals surface area contributed by atoms with E-state index in [0.717, 1.165) is 24.5 Å². The van der Waals surface area contributed by atoms with E-state index in [1.807, 2.05) is 6.07 Å². The van der Waals surface area contributed by atoms with E-state index in [9.17, 15) is 17.6 Å². The fourth-order valence-electron chi connectivity index (χ4n) is 2.72. The Morgan fingerprint density at radius 2 is 1.97 bits per heavy atom. The molecule has 1 aliphatic carbocycles. The SMILES string of the molecule is CC(C)(F)c1ncc(C(=O)NC(C=CS(C)(=O)=O)C2CC2)c(Oc2ccccc2)n1. The van der Waals surface area contributed by atoms with Crippen LogP contribution >= 0.6 is 0 Å². The highest BCUT2D eigenvalue weighted by Crippen LogP contribution is 2.34. The molecule has 0 radical (unpaired) electrons. The van der Waals surface area contributed by atoms with Gasteiger partial charge in [-0.2, -0.15) is 4.98 Å². The van der Waals surface area contributed by atoms with Crippen LogP contribution in [0.1, 0.15) is 42.9 Å². The van der Waals surface area contributed by atoms with Crippen molar-refractivity contribution in [1.82, 2.24) is 15.3 Å². The van der Waals surface area contributed by atoms with Crippen LogP contribution in [0.25, 0.3) is 0 Å². The molecular formula is C21H24FN3O4S. The van der Waals surface area contributed by atoms with Gasteiger partial charge in [-0.25, -0.2) is 17.8 Å². The molecule has 7 nitrogen and oxygen atoms in total. The quantitative estimate of drug-likeness (QED) is 0.684. The number of sulfone groups is 1. The van der Waals surface area contributed by atoms with Crippen LogP contribution in [0.3, 0.4) is 0 Å². The van der Waals surface area contributed by atoms with Gasteiger partial charge in [0.25, 0.3) is 5.91 Å². The third-order valence-corrected chi connectivity index (χ3v) is 5.10. The van der Waals surface area contributed by atoms with E-state index in [4.69, 9.17) is 4.74 Å². The first kappa shape index (κ1) is 21.9. The summed E-state index contributed by atoms with van der Waals surface area (Å²) in [5.41, 5.74) is -1.79. The van der Waals surface area contributed by atoms with Crippen LogP contribution in [0.15, 0.2) is 48.0 Å². The van der Waals surface area contributed by atoms with E-state index in [0.29, 0.717) is 5.75 Å². The minimum atomic E-state index is -3.32. The van der Waals surface area contributed by atoms with Crippen molar-refractivity contribution in [3.05, 3.63) is 59.4 Å². The summed E-state index contributed by atoms with van der Waals surface area (Å²) in [6.45, 7) is 2.63. The van der Waals surface area contributed by atoms with Gasteiger partial charge in [-0.1, -0.05) is 24.3 Å². The molecule has 1 saturated carbocycles. The fourth-order valence-corrected chi connectivity index (χ4v) is 3.18. The summed E-state index contributed by atoms with van der Waals surface area (Å²) in [6, 6.07) is 8.25. The second kappa shape index (κ2) is 8.51. The van der Waals surface area contributed by atoms with Crippen LogP contribution in [0.5, 0.6) is 11.6 Å². The highest BCUT2D eigenvalue weighted by Gasteiger charge is 2.32. The summed E-state index contributed by atoms with van der Waals surface area (Å²) in [6.07, 6.45) is 5.56. The normalized spacial score (nSPS) is 15.7. The van der Waals surface area contributed by atoms with Crippen molar-refractivity contribution in [2.24, 2.45) is 5.92 Å². The number of carbonyl (C=O) groups excluding carboxylic acids is 1. The molecule has 1 aromatic carbocycles. The Morgan fingerprint density at radius 1 is 1.30 bits per heavy atom. The highest BCUT2D eigenvalue weighted by atomic mass is 32.2. The van der Waals surface area contributed by atoms with Crippen molar-refractivity contribution in [2.75, 3.05) is 6.26 Å². The molecule has 9 heteroatoms. The van der Waals surface area contributed by atoms with Crippen molar-refractivity contribution in [2.45, 2.75) is 38.4 Å². The summed E-state index contributed by atoms with van der Waals surface area (Å²) in [5.74, 6) is -0.116. The molecule has 1 atom stereocenters. The largest absolute Gasteiger partial charge is 0.438 e. The number of para-hydroxylation sites is 1. The van der Waals surface area contributed by atoms with Crippen LogP contribution < -0.4 is 10.1 Å². The number of rotatable bonds is 8. The standard InChI is InChI=1S/C21H24FN3O4S/c1-21(2,22)20-23-13-16(19(25-20)29-15-7-5-4-6-8-15)18(26)24-17(14-9-10-14)11-12-30(3,27)28/h4-8,11-14,17H,9-10H2,1-3H3,(H,24,26). The lowest BCUT2D eigenvalue weighted by Gasteiger charge is -2.18. The fraction of sp³-hybridized carbons (Fsp3) is 0.381. The Morgan fingerprint density at radius 3 is 2.53 bits per heavy atom. The van der Waals surface area contributed by atoms with E-state index in [1.54, 1.807) is 24.3 Å². The Hall–Kier alpha value is -2.81. The molecule has 0 spiro atoms. The van der Waals surface area contributed by atoms with Crippen LogP contribution in [0.4, 0.5) is 4.39 Å². The number of halogens is 1. The summed E-state index contributed by atoms with van der Waals surface area (Å²) < 4.78 is 43.0. The molecule has 1 aliphatic rings. The zero-order valence-corrected chi connectivity index (χ0v) is 17.8. The Bertz CT molecular complexity index is 1050. The smallest absolute Gasteiger partial charge is 0.258 e. The molecule has 0 saturated heterocycles. The number of hydrogen-bond donors (Lipinski definition) is 1. The molecule has 1 amide bonds. The van der Waals surface area contributed by atoms with Crippen LogP contribution in [0, 0.1) is 5.92 Å². The highest BCUT2D eigenvalue weighted by molar-refractivity contribution is 7.93. The molecule has 1 fully saturated rings. The number of carbonyl (C=O) groups is 1. The van der Waals surface area contributed by atoms with Gasteiger partial charge in [-0.05, 0) is 44.7 Å². The summed E-state index contributed by atoms with van der Waals surface area (Å²) in [4.78, 5) is 21.1. The third-order valence-electron chi connectivity index (χ3n) is 4.45. The second-order valence-electron chi connectivity index (χ2n) is 7.79. The summed E-state index contributed by atoms with van der Waals surface area (Å²) in [7, 11) is -3.32. The monoisotopic (exact) mass is 433 g/mol. The first-order chi connectivity index (χ1) is 14.0. The van der Waals surface area contributed by atoms with Gasteiger partial charge in [-0.3, -0.25) is 4.79 Å². The Balaban J connectivity index is 1.90. The van der Waals surface area contributed by atoms with Gasteiger partial charge in [0.2, 0.25) is 5.88 Å². The summed E-state index contributed by atoms with van der Waals surface area (Å²) in [5, 5.41) is 3.89. The average Bonchev–Trinajstić information content (AvgIpc) is 3.49. The maximum atomic E-state index is 14.4. The molecule has 1 N–H and O–H groups in total. The van der Waals surface area contributed by atoms with Gasteiger partial charge in [-0.15, -0.1) is 0 Å². The molecule has 160 valence electrons. The van der Waals surface area contributed by atoms with Gasteiger partial charge in [0.15, 0.2) is 21.3 Å². The lowest BCUT2D eigenvalue weighted by Crippen LogP contribution is -2.35. The lowest BCUT2D eigenvalue weighted by atomic mass is 10.1. The average molecular weight is 434 g/mol. The predicted octanol–water partition coefficient (Wildman–Crippen LogP) is 3.54. The van der Waals surface area contributed by atoms with Crippen molar-refractivity contribution in [3.63, 3.8) is 0 Å². The minimum Gasteiger partial charge on any atom is -0.438 e. The zero-order chi connectivity index (χ0) is 21.9. The Kier molecular flexibility index (Phi) is 6.21.